The third-order valence-electron chi connectivity index (χ3n) is 11.9. The highest BCUT2D eigenvalue weighted by Crippen LogP contribution is 2.58. The summed E-state index contributed by atoms with van der Waals surface area (Å²) in [5.74, 6) is 0. The molecule has 0 amide bonds. The number of rotatable bonds is 6. The minimum absolute atomic E-state index is 0.428. The molecule has 0 spiro atoms. The van der Waals surface area contributed by atoms with Gasteiger partial charge in [0.25, 0.3) is 0 Å². The van der Waals surface area contributed by atoms with Gasteiger partial charge >= 0.3 is 0 Å². The van der Waals surface area contributed by atoms with E-state index in [2.05, 4.69) is 239 Å². The Kier molecular flexibility index (Phi) is 7.94. The Hall–Kier alpha value is -6.74. The lowest BCUT2D eigenvalue weighted by Gasteiger charge is -2.34. The first kappa shape index (κ1) is 33.6. The Morgan fingerprint density at radius 2 is 0.895 bits per heavy atom. The Labute approximate surface area is 341 Å². The second-order valence-electron chi connectivity index (χ2n) is 15.0. The highest BCUT2D eigenvalue weighted by atomic mass is 79.9. The summed E-state index contributed by atoms with van der Waals surface area (Å²) in [7, 11) is 0. The van der Waals surface area contributed by atoms with Crippen LogP contribution in [-0.4, -0.2) is 4.57 Å². The number of hydrogen-bond acceptors (Lipinski definition) is 0. The predicted octanol–water partition coefficient (Wildman–Crippen LogP) is 14.9. The second kappa shape index (κ2) is 13.5. The largest absolute Gasteiger partial charge is 0.309 e. The maximum absolute atomic E-state index is 3.65. The number of fused-ring (bicyclic) bond motifs is 6. The number of hydrogen-bond donors (Lipinski definition) is 0. The minimum atomic E-state index is -0.428. The van der Waals surface area contributed by atoms with Crippen molar-refractivity contribution in [2.24, 2.45) is 0 Å². The Bertz CT molecular complexity index is 3080. The van der Waals surface area contributed by atoms with E-state index in [-0.39, 0.29) is 0 Å². The van der Waals surface area contributed by atoms with Gasteiger partial charge in [0.05, 0.1) is 16.4 Å². The normalized spacial score (nSPS) is 12.8. The van der Waals surface area contributed by atoms with Gasteiger partial charge in [-0.3, -0.25) is 0 Å². The van der Waals surface area contributed by atoms with E-state index in [4.69, 9.17) is 0 Å². The molecule has 0 aliphatic heterocycles. The lowest BCUT2D eigenvalue weighted by atomic mass is 9.67. The summed E-state index contributed by atoms with van der Waals surface area (Å²) in [6.07, 6.45) is 0. The van der Waals surface area contributed by atoms with E-state index in [0.29, 0.717) is 0 Å². The summed E-state index contributed by atoms with van der Waals surface area (Å²) in [4.78, 5) is 0. The molecule has 1 aliphatic rings. The standard InChI is InChI=1S/C55H36BrN/c56-44-21-12-16-40(35-44)38-14-11-15-39(34-38)41-30-33-48-47-22-8-10-27-52(47)57(53(48)36-41)45-31-28-37(29-32-45)46-24-13-26-51-54(46)49-23-7-9-25-50(49)55(51,42-17-3-1-4-18-42)43-19-5-2-6-20-43/h1-36H. The molecule has 0 bridgehead atoms. The van der Waals surface area contributed by atoms with Crippen LogP contribution in [-0.2, 0) is 5.41 Å². The van der Waals surface area contributed by atoms with Crippen molar-refractivity contribution in [3.05, 3.63) is 245 Å². The van der Waals surface area contributed by atoms with Gasteiger partial charge in [0.2, 0.25) is 0 Å². The summed E-state index contributed by atoms with van der Waals surface area (Å²) in [6, 6.07) is 80.2. The van der Waals surface area contributed by atoms with E-state index in [1.54, 1.807) is 0 Å². The van der Waals surface area contributed by atoms with Gasteiger partial charge in [-0.1, -0.05) is 192 Å². The SMILES string of the molecule is Brc1cccc(-c2cccc(-c3ccc4c5ccccc5n(-c5ccc(-c6cccc7c6-c6ccccc6C7(c6ccccc6)c6ccccc6)cc5)c4c3)c2)c1. The van der Waals surface area contributed by atoms with Crippen LogP contribution in [0.4, 0.5) is 0 Å². The van der Waals surface area contributed by atoms with Crippen molar-refractivity contribution >= 4 is 37.7 Å². The number of halogens is 1. The van der Waals surface area contributed by atoms with E-state index in [1.165, 1.54) is 88.6 Å². The van der Waals surface area contributed by atoms with E-state index in [1.807, 2.05) is 0 Å². The van der Waals surface area contributed by atoms with Crippen LogP contribution in [0.3, 0.4) is 0 Å². The fourth-order valence-corrected chi connectivity index (χ4v) is 9.90. The van der Waals surface area contributed by atoms with Gasteiger partial charge in [-0.2, -0.15) is 0 Å². The monoisotopic (exact) mass is 789 g/mol. The van der Waals surface area contributed by atoms with Gasteiger partial charge in [-0.15, -0.1) is 0 Å². The van der Waals surface area contributed by atoms with Crippen LogP contribution >= 0.6 is 15.9 Å². The number of para-hydroxylation sites is 1. The van der Waals surface area contributed by atoms with Gasteiger partial charge in [0.1, 0.15) is 0 Å². The Balaban J connectivity index is 1.06. The van der Waals surface area contributed by atoms with Gasteiger partial charge in [-0.05, 0) is 109 Å². The molecule has 0 radical (unpaired) electrons. The number of aromatic nitrogens is 1. The van der Waals surface area contributed by atoms with E-state index in [0.717, 1.165) is 10.2 Å². The topological polar surface area (TPSA) is 4.93 Å². The smallest absolute Gasteiger partial charge is 0.0713 e. The molecule has 2 heteroatoms. The first-order valence-corrected chi connectivity index (χ1v) is 20.3. The summed E-state index contributed by atoms with van der Waals surface area (Å²) >= 11 is 3.65. The van der Waals surface area contributed by atoms with Crippen LogP contribution in [0.5, 0.6) is 0 Å². The predicted molar refractivity (Wildman–Crippen MR) is 242 cm³/mol. The van der Waals surface area contributed by atoms with Crippen LogP contribution in [0.1, 0.15) is 22.3 Å². The molecular formula is C55H36BrN. The molecule has 0 unspecified atom stereocenters. The van der Waals surface area contributed by atoms with E-state index >= 15 is 0 Å². The Morgan fingerprint density at radius 1 is 0.351 bits per heavy atom. The molecule has 1 heterocycles. The van der Waals surface area contributed by atoms with Crippen molar-refractivity contribution in [2.45, 2.75) is 5.41 Å². The van der Waals surface area contributed by atoms with Crippen molar-refractivity contribution in [1.82, 2.24) is 4.57 Å². The molecule has 0 atom stereocenters. The average Bonchev–Trinajstić information content (AvgIpc) is 3.78. The molecule has 1 aliphatic carbocycles. The van der Waals surface area contributed by atoms with Crippen molar-refractivity contribution in [3.63, 3.8) is 0 Å². The first-order valence-electron chi connectivity index (χ1n) is 19.5. The van der Waals surface area contributed by atoms with Gasteiger partial charge < -0.3 is 4.57 Å². The fourth-order valence-electron chi connectivity index (χ4n) is 9.50. The zero-order chi connectivity index (χ0) is 37.9. The van der Waals surface area contributed by atoms with Gasteiger partial charge in [0.15, 0.2) is 0 Å². The molecule has 9 aromatic carbocycles. The molecule has 0 N–H and O–H groups in total. The minimum Gasteiger partial charge on any atom is -0.309 e. The molecule has 10 aromatic rings. The van der Waals surface area contributed by atoms with Crippen molar-refractivity contribution < 1.29 is 0 Å². The quantitative estimate of drug-likeness (QED) is 0.158. The summed E-state index contributed by atoms with van der Waals surface area (Å²) in [5, 5.41) is 2.50. The molecule has 1 aromatic heterocycles. The van der Waals surface area contributed by atoms with Crippen LogP contribution < -0.4 is 0 Å². The number of benzene rings is 9. The van der Waals surface area contributed by atoms with Gasteiger partial charge in [-0.25, -0.2) is 0 Å². The third kappa shape index (κ3) is 5.29. The molecule has 1 nitrogen and oxygen atoms in total. The van der Waals surface area contributed by atoms with Crippen molar-refractivity contribution in [3.8, 4) is 50.2 Å². The molecule has 0 fully saturated rings. The first-order chi connectivity index (χ1) is 28.2. The lowest BCUT2D eigenvalue weighted by molar-refractivity contribution is 0.768. The molecule has 268 valence electrons. The summed E-state index contributed by atoms with van der Waals surface area (Å²) in [5.41, 5.74) is 18.1. The van der Waals surface area contributed by atoms with E-state index in [9.17, 15) is 0 Å². The lowest BCUT2D eigenvalue weighted by Crippen LogP contribution is -2.28. The molecular weight excluding hydrogens is 755 g/mol. The van der Waals surface area contributed by atoms with Crippen LogP contribution in [0.25, 0.3) is 72.0 Å². The maximum Gasteiger partial charge on any atom is 0.0713 e. The third-order valence-corrected chi connectivity index (χ3v) is 12.4. The summed E-state index contributed by atoms with van der Waals surface area (Å²) < 4.78 is 3.51. The molecule has 11 rings (SSSR count). The van der Waals surface area contributed by atoms with Crippen LogP contribution in [0, 0.1) is 0 Å². The van der Waals surface area contributed by atoms with Gasteiger partial charge in [0, 0.05) is 20.9 Å². The molecule has 57 heavy (non-hydrogen) atoms. The van der Waals surface area contributed by atoms with Crippen molar-refractivity contribution in [1.29, 1.82) is 0 Å². The maximum atomic E-state index is 3.65. The zero-order valence-electron chi connectivity index (χ0n) is 31.1. The summed E-state index contributed by atoms with van der Waals surface area (Å²) in [6.45, 7) is 0. The number of nitrogens with zero attached hydrogens (tertiary/aromatic N) is 1. The molecule has 0 saturated carbocycles. The fraction of sp³-hybridized carbons (Fsp3) is 0.0182. The van der Waals surface area contributed by atoms with Crippen LogP contribution in [0.15, 0.2) is 223 Å². The highest BCUT2D eigenvalue weighted by molar-refractivity contribution is 9.10. The zero-order valence-corrected chi connectivity index (χ0v) is 32.7. The second-order valence-corrected chi connectivity index (χ2v) is 15.9. The molecule has 0 saturated heterocycles. The highest BCUT2D eigenvalue weighted by Gasteiger charge is 2.46. The van der Waals surface area contributed by atoms with Crippen molar-refractivity contribution in [2.75, 3.05) is 0 Å². The van der Waals surface area contributed by atoms with Crippen LogP contribution in [0.2, 0.25) is 0 Å². The average molecular weight is 791 g/mol. The Morgan fingerprint density at radius 3 is 1.63 bits per heavy atom. The van der Waals surface area contributed by atoms with E-state index < -0.39 is 5.41 Å².